The molecule has 0 aliphatic carbocycles. The van der Waals surface area contributed by atoms with Crippen LogP contribution in [0.4, 0.5) is 0 Å². The number of rotatable bonds is 6. The van der Waals surface area contributed by atoms with Crippen LogP contribution in [0.5, 0.6) is 11.5 Å². The molecule has 0 unspecified atom stereocenters. The highest BCUT2D eigenvalue weighted by atomic mass is 16.5. The van der Waals surface area contributed by atoms with Crippen molar-refractivity contribution in [2.75, 3.05) is 14.2 Å². The summed E-state index contributed by atoms with van der Waals surface area (Å²) in [5.74, 6) is 1.08. The van der Waals surface area contributed by atoms with Crippen molar-refractivity contribution < 1.29 is 13.9 Å². The summed E-state index contributed by atoms with van der Waals surface area (Å²) in [7, 11) is 3.17. The number of H-pyrrole nitrogens is 2. The largest absolute Gasteiger partial charge is 0.493 e. The summed E-state index contributed by atoms with van der Waals surface area (Å²) in [6, 6.07) is 28.4. The van der Waals surface area contributed by atoms with Gasteiger partial charge in [0, 0.05) is 45.5 Å². The van der Waals surface area contributed by atoms with E-state index in [1.165, 1.54) is 21.9 Å². The Bertz CT molecular complexity index is 2060. The molecular formula is C35H28N2O4. The highest BCUT2D eigenvalue weighted by Gasteiger charge is 2.25. The molecule has 2 N–H and O–H groups in total. The molecule has 0 atom stereocenters. The van der Waals surface area contributed by atoms with Crippen molar-refractivity contribution in [2.24, 2.45) is 0 Å². The summed E-state index contributed by atoms with van der Waals surface area (Å²) in [6.45, 7) is 1.99. The van der Waals surface area contributed by atoms with E-state index < -0.39 is 5.63 Å². The summed E-state index contributed by atoms with van der Waals surface area (Å²) >= 11 is 0. The number of para-hydroxylation sites is 2. The number of aryl methyl sites for hydroxylation is 1. The van der Waals surface area contributed by atoms with E-state index in [1.54, 1.807) is 26.4 Å². The van der Waals surface area contributed by atoms with E-state index in [4.69, 9.17) is 13.9 Å². The second-order valence-corrected chi connectivity index (χ2v) is 10.3. The highest BCUT2D eigenvalue weighted by molar-refractivity contribution is 5.91. The summed E-state index contributed by atoms with van der Waals surface area (Å²) in [5, 5.41) is 3.20. The number of hydrogen-bond donors (Lipinski definition) is 2. The number of ether oxygens (including phenoxy) is 2. The van der Waals surface area contributed by atoms with E-state index in [9.17, 15) is 4.79 Å². The van der Waals surface area contributed by atoms with Crippen molar-refractivity contribution >= 4 is 32.8 Å². The van der Waals surface area contributed by atoms with Gasteiger partial charge in [-0.15, -0.1) is 0 Å². The predicted molar refractivity (Wildman–Crippen MR) is 163 cm³/mol. The van der Waals surface area contributed by atoms with Gasteiger partial charge in [-0.25, -0.2) is 4.79 Å². The highest BCUT2D eigenvalue weighted by Crippen LogP contribution is 2.41. The molecule has 6 heteroatoms. The molecule has 0 aliphatic rings. The number of aromatic nitrogens is 2. The van der Waals surface area contributed by atoms with E-state index in [0.717, 1.165) is 27.5 Å². The molecular weight excluding hydrogens is 512 g/mol. The molecule has 202 valence electrons. The minimum Gasteiger partial charge on any atom is -0.493 e. The van der Waals surface area contributed by atoms with Crippen LogP contribution in [0.15, 0.2) is 107 Å². The van der Waals surface area contributed by atoms with Gasteiger partial charge in [0.2, 0.25) is 0 Å². The molecule has 3 heterocycles. The number of methoxy groups -OCH3 is 2. The average molecular weight is 541 g/mol. The number of benzene rings is 4. The standard InChI is InChI=1S/C35H28N2O4/c1-20-14-22(15-23-16-26(35(38)41-34(20)23)21-12-13-31(39-2)32(17-21)40-3)33(27-18-36-29-10-6-4-8-24(27)29)28-19-37-30-11-7-5-9-25(28)30/h4-19,33,36-37H,1-3H3. The predicted octanol–water partition coefficient (Wildman–Crippen LogP) is 7.93. The van der Waals surface area contributed by atoms with Crippen LogP contribution >= 0.6 is 0 Å². The molecule has 7 rings (SSSR count). The fraction of sp³-hybridized carbons (Fsp3) is 0.114. The van der Waals surface area contributed by atoms with Gasteiger partial charge in [0.1, 0.15) is 5.58 Å². The SMILES string of the molecule is COc1ccc(-c2cc3cc(C(c4c[nH]c5ccccc45)c4c[nH]c5ccccc45)cc(C)c3oc2=O)cc1OC. The Morgan fingerprint density at radius 1 is 0.732 bits per heavy atom. The van der Waals surface area contributed by atoms with Gasteiger partial charge >= 0.3 is 5.63 Å². The molecule has 0 bridgehead atoms. The lowest BCUT2D eigenvalue weighted by atomic mass is 9.83. The van der Waals surface area contributed by atoms with E-state index in [0.29, 0.717) is 28.2 Å². The smallest absolute Gasteiger partial charge is 0.344 e. The Hall–Kier alpha value is -5.23. The van der Waals surface area contributed by atoms with Crippen molar-refractivity contribution in [2.45, 2.75) is 12.8 Å². The first kappa shape index (κ1) is 24.8. The maximum Gasteiger partial charge on any atom is 0.344 e. The van der Waals surface area contributed by atoms with Crippen LogP contribution in [0.2, 0.25) is 0 Å². The van der Waals surface area contributed by atoms with Crippen LogP contribution < -0.4 is 15.1 Å². The third-order valence-electron chi connectivity index (χ3n) is 7.93. The summed E-state index contributed by atoms with van der Waals surface area (Å²) in [5.41, 5.74) is 7.90. The molecule has 0 aliphatic heterocycles. The van der Waals surface area contributed by atoms with Crippen molar-refractivity contribution in [1.82, 2.24) is 9.97 Å². The van der Waals surface area contributed by atoms with Crippen LogP contribution in [0.1, 0.15) is 28.2 Å². The van der Waals surface area contributed by atoms with Gasteiger partial charge in [-0.1, -0.05) is 48.5 Å². The molecule has 0 fully saturated rings. The molecule has 0 amide bonds. The minimum absolute atomic E-state index is 0.0677. The zero-order valence-electron chi connectivity index (χ0n) is 22.9. The number of nitrogens with one attached hydrogen (secondary N) is 2. The summed E-state index contributed by atoms with van der Waals surface area (Å²) in [4.78, 5) is 20.1. The van der Waals surface area contributed by atoms with Gasteiger partial charge in [-0.2, -0.15) is 0 Å². The van der Waals surface area contributed by atoms with Gasteiger partial charge in [-0.3, -0.25) is 0 Å². The van der Waals surface area contributed by atoms with Crippen LogP contribution in [0.3, 0.4) is 0 Å². The Kier molecular flexibility index (Phi) is 5.89. The molecule has 0 saturated heterocycles. The number of hydrogen-bond acceptors (Lipinski definition) is 4. The lowest BCUT2D eigenvalue weighted by Gasteiger charge is -2.19. The van der Waals surface area contributed by atoms with Gasteiger partial charge < -0.3 is 23.9 Å². The van der Waals surface area contributed by atoms with Crippen molar-refractivity contribution in [3.8, 4) is 22.6 Å². The second kappa shape index (κ2) is 9.75. The molecule has 0 saturated carbocycles. The molecule has 0 spiro atoms. The Labute approximate surface area is 236 Å². The van der Waals surface area contributed by atoms with Gasteiger partial charge in [0.15, 0.2) is 11.5 Å². The Morgan fingerprint density at radius 2 is 1.37 bits per heavy atom. The van der Waals surface area contributed by atoms with E-state index in [2.05, 4.69) is 70.9 Å². The van der Waals surface area contributed by atoms with Crippen molar-refractivity contribution in [3.05, 3.63) is 130 Å². The van der Waals surface area contributed by atoms with E-state index in [-0.39, 0.29) is 5.92 Å². The van der Waals surface area contributed by atoms with Crippen LogP contribution in [0, 0.1) is 6.92 Å². The summed E-state index contributed by atoms with van der Waals surface area (Å²) < 4.78 is 16.8. The first-order valence-electron chi connectivity index (χ1n) is 13.5. The summed E-state index contributed by atoms with van der Waals surface area (Å²) in [6.07, 6.45) is 4.22. The molecule has 41 heavy (non-hydrogen) atoms. The number of fused-ring (bicyclic) bond motifs is 3. The van der Waals surface area contributed by atoms with Gasteiger partial charge in [0.25, 0.3) is 0 Å². The van der Waals surface area contributed by atoms with Crippen LogP contribution in [-0.4, -0.2) is 24.2 Å². The maximum absolute atomic E-state index is 13.2. The van der Waals surface area contributed by atoms with Gasteiger partial charge in [-0.05, 0) is 71.1 Å². The monoisotopic (exact) mass is 540 g/mol. The first-order valence-corrected chi connectivity index (χ1v) is 13.5. The topological polar surface area (TPSA) is 80.3 Å². The van der Waals surface area contributed by atoms with Crippen LogP contribution in [-0.2, 0) is 0 Å². The third-order valence-corrected chi connectivity index (χ3v) is 7.93. The quantitative estimate of drug-likeness (QED) is 0.210. The normalized spacial score (nSPS) is 11.6. The second-order valence-electron chi connectivity index (χ2n) is 10.3. The lowest BCUT2D eigenvalue weighted by molar-refractivity contribution is 0.355. The zero-order valence-corrected chi connectivity index (χ0v) is 22.9. The molecule has 7 aromatic rings. The van der Waals surface area contributed by atoms with E-state index in [1.807, 2.05) is 31.2 Å². The fourth-order valence-corrected chi connectivity index (χ4v) is 6.00. The Morgan fingerprint density at radius 3 is 2.00 bits per heavy atom. The molecule has 6 nitrogen and oxygen atoms in total. The fourth-order valence-electron chi connectivity index (χ4n) is 6.00. The average Bonchev–Trinajstić information content (AvgIpc) is 3.62. The first-order chi connectivity index (χ1) is 20.1. The lowest BCUT2D eigenvalue weighted by Crippen LogP contribution is -2.06. The molecule has 3 aromatic heterocycles. The zero-order chi connectivity index (χ0) is 28.1. The number of aromatic amines is 2. The minimum atomic E-state index is -0.398. The van der Waals surface area contributed by atoms with Crippen molar-refractivity contribution in [3.63, 3.8) is 0 Å². The van der Waals surface area contributed by atoms with Crippen molar-refractivity contribution in [1.29, 1.82) is 0 Å². The maximum atomic E-state index is 13.2. The Balaban J connectivity index is 1.47. The van der Waals surface area contributed by atoms with Gasteiger partial charge in [0.05, 0.1) is 19.8 Å². The molecule has 4 aromatic carbocycles. The van der Waals surface area contributed by atoms with Crippen LogP contribution in [0.25, 0.3) is 43.9 Å². The molecule has 0 radical (unpaired) electrons. The van der Waals surface area contributed by atoms with E-state index >= 15 is 0 Å². The third kappa shape index (κ3) is 4.07.